The van der Waals surface area contributed by atoms with Gasteiger partial charge in [-0.25, -0.2) is 0 Å². The molecule has 1 nitrogen and oxygen atoms in total. The van der Waals surface area contributed by atoms with Crippen molar-refractivity contribution >= 4 is 5.78 Å². The highest BCUT2D eigenvalue weighted by molar-refractivity contribution is 6.00. The zero-order chi connectivity index (χ0) is 7.56. The largest absolute Gasteiger partial charge is 0.290 e. The molecule has 0 N–H and O–H groups in total. The maximum atomic E-state index is 10.6. The first-order chi connectivity index (χ1) is 4.70. The van der Waals surface area contributed by atoms with Crippen LogP contribution >= 0.6 is 0 Å². The highest BCUT2D eigenvalue weighted by Gasteiger charge is 2.18. The van der Waals surface area contributed by atoms with Gasteiger partial charge in [0, 0.05) is 0 Å². The molecule has 0 bridgehead atoms. The van der Waals surface area contributed by atoms with Crippen LogP contribution in [0.2, 0.25) is 0 Å². The number of ketones is 1. The van der Waals surface area contributed by atoms with E-state index < -0.39 is 0 Å². The molecule has 0 unspecified atom stereocenters. The van der Waals surface area contributed by atoms with Gasteiger partial charge < -0.3 is 0 Å². The molecule has 0 amide bonds. The van der Waals surface area contributed by atoms with Crippen molar-refractivity contribution in [2.24, 2.45) is 5.92 Å². The fourth-order valence-electron chi connectivity index (χ4n) is 0.902. The summed E-state index contributed by atoms with van der Waals surface area (Å²) < 4.78 is 0. The van der Waals surface area contributed by atoms with E-state index in [1.807, 2.05) is 12.2 Å². The monoisotopic (exact) mass is 135 g/mol. The summed E-state index contributed by atoms with van der Waals surface area (Å²) in [6.07, 6.45) is 7.10. The molecule has 0 saturated heterocycles. The molecule has 0 aromatic heterocycles. The van der Waals surface area contributed by atoms with Crippen LogP contribution in [0.15, 0.2) is 24.3 Å². The quantitative estimate of drug-likeness (QED) is 0.502. The summed E-state index contributed by atoms with van der Waals surface area (Å²) in [5.74, 6) is 1.79. The molecule has 1 aliphatic rings. The van der Waals surface area contributed by atoms with Gasteiger partial charge in [-0.1, -0.05) is 0 Å². The first-order valence-electron chi connectivity index (χ1n) is 3.40. The Balaban J connectivity index is 2.62. The van der Waals surface area contributed by atoms with Crippen molar-refractivity contribution in [1.29, 1.82) is 0 Å². The van der Waals surface area contributed by atoms with Gasteiger partial charge in [0.2, 0.25) is 0 Å². The second-order valence-electron chi connectivity index (χ2n) is 2.72. The summed E-state index contributed by atoms with van der Waals surface area (Å²) in [4.78, 5) is 10.6. The maximum Gasteiger partial charge on any atom is 0.178 e. The summed E-state index contributed by atoms with van der Waals surface area (Å²) in [6.45, 7) is 4.13. The second-order valence-corrected chi connectivity index (χ2v) is 2.72. The highest BCUT2D eigenvalue weighted by atomic mass is 16.1. The van der Waals surface area contributed by atoms with E-state index >= 15 is 0 Å². The van der Waals surface area contributed by atoms with E-state index in [4.69, 9.17) is 0 Å². The molecular formula is C9H11O+. The van der Waals surface area contributed by atoms with Gasteiger partial charge in [0.05, 0.1) is 19.8 Å². The summed E-state index contributed by atoms with van der Waals surface area (Å²) >= 11 is 0. The minimum atomic E-state index is 0.0949. The number of allylic oxidation sites excluding steroid dienone is 4. The van der Waals surface area contributed by atoms with E-state index in [0.717, 1.165) is 0 Å². The SMILES string of the molecule is C[C+](C)C1C=CC(=O)C=C1. The van der Waals surface area contributed by atoms with Crippen molar-refractivity contribution in [3.63, 3.8) is 0 Å². The molecule has 0 saturated carbocycles. The lowest BCUT2D eigenvalue weighted by Crippen LogP contribution is -2.05. The van der Waals surface area contributed by atoms with Crippen molar-refractivity contribution in [2.45, 2.75) is 13.8 Å². The van der Waals surface area contributed by atoms with Crippen LogP contribution in [-0.2, 0) is 4.79 Å². The lowest BCUT2D eigenvalue weighted by molar-refractivity contribution is -0.110. The average molecular weight is 135 g/mol. The van der Waals surface area contributed by atoms with Crippen molar-refractivity contribution < 1.29 is 4.79 Å². The van der Waals surface area contributed by atoms with Gasteiger partial charge in [-0.15, -0.1) is 0 Å². The van der Waals surface area contributed by atoms with Gasteiger partial charge in [0.25, 0.3) is 0 Å². The maximum absolute atomic E-state index is 10.6. The number of hydrogen-bond donors (Lipinski definition) is 0. The third-order valence-electron chi connectivity index (χ3n) is 1.60. The van der Waals surface area contributed by atoms with Crippen molar-refractivity contribution in [3.8, 4) is 0 Å². The van der Waals surface area contributed by atoms with E-state index in [1.54, 1.807) is 12.2 Å². The third kappa shape index (κ3) is 1.50. The highest BCUT2D eigenvalue weighted by Crippen LogP contribution is 2.18. The van der Waals surface area contributed by atoms with Gasteiger partial charge in [-0.3, -0.25) is 4.79 Å². The van der Waals surface area contributed by atoms with Gasteiger partial charge in [0.15, 0.2) is 5.78 Å². The summed E-state index contributed by atoms with van der Waals surface area (Å²) in [5, 5.41) is 0. The van der Waals surface area contributed by atoms with E-state index in [0.29, 0.717) is 5.92 Å². The Hall–Kier alpha value is -0.980. The van der Waals surface area contributed by atoms with Crippen LogP contribution < -0.4 is 0 Å². The molecule has 52 valence electrons. The van der Waals surface area contributed by atoms with Crippen molar-refractivity contribution in [2.75, 3.05) is 0 Å². The molecule has 0 fully saturated rings. The van der Waals surface area contributed by atoms with Gasteiger partial charge >= 0.3 is 0 Å². The molecule has 1 rings (SSSR count). The van der Waals surface area contributed by atoms with Gasteiger partial charge in [-0.05, 0) is 24.3 Å². The Morgan fingerprint density at radius 3 is 2.20 bits per heavy atom. The van der Waals surface area contributed by atoms with Crippen LogP contribution in [-0.4, -0.2) is 5.78 Å². The zero-order valence-electron chi connectivity index (χ0n) is 6.29. The summed E-state index contributed by atoms with van der Waals surface area (Å²) in [6, 6.07) is 0. The van der Waals surface area contributed by atoms with Crippen molar-refractivity contribution in [3.05, 3.63) is 30.2 Å². The number of carbonyl (C=O) groups excluding carboxylic acids is 1. The number of carbonyl (C=O) groups is 1. The predicted octanol–water partition coefficient (Wildman–Crippen LogP) is 1.91. The minimum absolute atomic E-state index is 0.0949. The zero-order valence-corrected chi connectivity index (χ0v) is 6.29. The number of hydrogen-bond acceptors (Lipinski definition) is 1. The van der Waals surface area contributed by atoms with Crippen LogP contribution in [0.25, 0.3) is 0 Å². The number of rotatable bonds is 1. The first kappa shape index (κ1) is 7.13. The minimum Gasteiger partial charge on any atom is -0.290 e. The molecule has 1 aliphatic carbocycles. The summed E-state index contributed by atoms with van der Waals surface area (Å²) in [7, 11) is 0. The molecule has 0 spiro atoms. The van der Waals surface area contributed by atoms with E-state index in [-0.39, 0.29) is 5.78 Å². The average Bonchev–Trinajstić information content (AvgIpc) is 1.88. The molecule has 0 radical (unpaired) electrons. The fraction of sp³-hybridized carbons (Fsp3) is 0.333. The van der Waals surface area contributed by atoms with Crippen LogP contribution in [0.4, 0.5) is 0 Å². The molecule has 10 heavy (non-hydrogen) atoms. The third-order valence-corrected chi connectivity index (χ3v) is 1.60. The molecule has 0 aromatic carbocycles. The lowest BCUT2D eigenvalue weighted by Gasteiger charge is -2.04. The Morgan fingerprint density at radius 2 is 1.80 bits per heavy atom. The fourth-order valence-corrected chi connectivity index (χ4v) is 0.902. The summed E-state index contributed by atoms with van der Waals surface area (Å²) in [5.41, 5.74) is 0. The van der Waals surface area contributed by atoms with Crippen LogP contribution in [0, 0.1) is 11.8 Å². The first-order valence-corrected chi connectivity index (χ1v) is 3.40. The predicted molar refractivity (Wildman–Crippen MR) is 41.4 cm³/mol. The van der Waals surface area contributed by atoms with Crippen LogP contribution in [0.1, 0.15) is 13.8 Å². The van der Waals surface area contributed by atoms with Crippen LogP contribution in [0.5, 0.6) is 0 Å². The second kappa shape index (κ2) is 2.74. The molecular weight excluding hydrogens is 124 g/mol. The van der Waals surface area contributed by atoms with E-state index in [1.165, 1.54) is 5.92 Å². The smallest absolute Gasteiger partial charge is 0.178 e. The lowest BCUT2D eigenvalue weighted by atomic mass is 9.92. The Morgan fingerprint density at radius 1 is 1.30 bits per heavy atom. The topological polar surface area (TPSA) is 17.1 Å². The molecule has 0 aliphatic heterocycles. The van der Waals surface area contributed by atoms with Gasteiger partial charge in [-0.2, -0.15) is 0 Å². The normalized spacial score (nSPS) is 18.0. The molecule has 1 heteroatoms. The molecule has 0 aromatic rings. The standard InChI is InChI=1S/C9H11O/c1-7(2)8-3-5-9(10)6-4-8/h3-6,8H,1-2H3/q+1. The van der Waals surface area contributed by atoms with Crippen molar-refractivity contribution in [1.82, 2.24) is 0 Å². The molecule has 0 atom stereocenters. The Labute approximate surface area is 61.4 Å². The Bertz CT molecular complexity index is 171. The van der Waals surface area contributed by atoms with Gasteiger partial charge in [0.1, 0.15) is 5.92 Å². The van der Waals surface area contributed by atoms with Crippen LogP contribution in [0.3, 0.4) is 0 Å². The molecule has 0 heterocycles. The van der Waals surface area contributed by atoms with E-state index in [9.17, 15) is 4.79 Å². The van der Waals surface area contributed by atoms with E-state index in [2.05, 4.69) is 13.8 Å². The Kier molecular flexibility index (Phi) is 1.95.